The number of sulfonamides is 1. The molecule has 1 fully saturated rings. The van der Waals surface area contributed by atoms with E-state index in [1.165, 1.54) is 22.4 Å². The highest BCUT2D eigenvalue weighted by Crippen LogP contribution is 2.26. The minimum Gasteiger partial charge on any atom is -0.465 e. The first-order valence-corrected chi connectivity index (χ1v) is 11.5. The minimum absolute atomic E-state index is 0.168. The van der Waals surface area contributed by atoms with Crippen LogP contribution in [-0.4, -0.2) is 56.9 Å². The standard InChI is InChI=1S/C18H21BrN2O4S2/c1-13-3-4-14(18(22)25-2)11-16(13)27(23,24)21-9-7-20(8-10-21)12-15-5-6-17(19)26-15/h3-6,11H,7-10,12H2,1-2H3. The molecule has 6 nitrogen and oxygen atoms in total. The van der Waals surface area contributed by atoms with E-state index in [1.54, 1.807) is 30.4 Å². The number of aryl methyl sites for hydroxylation is 1. The molecule has 2 heterocycles. The second kappa shape index (κ2) is 8.40. The van der Waals surface area contributed by atoms with Crippen LogP contribution in [0.15, 0.2) is 39.0 Å². The van der Waals surface area contributed by atoms with Gasteiger partial charge in [0.1, 0.15) is 0 Å². The third-order valence-electron chi connectivity index (χ3n) is 4.57. The highest BCUT2D eigenvalue weighted by atomic mass is 79.9. The number of esters is 1. The van der Waals surface area contributed by atoms with E-state index in [2.05, 4.69) is 26.9 Å². The van der Waals surface area contributed by atoms with Crippen LogP contribution < -0.4 is 0 Å². The van der Waals surface area contributed by atoms with Crippen molar-refractivity contribution in [3.63, 3.8) is 0 Å². The zero-order chi connectivity index (χ0) is 19.6. The number of halogens is 1. The fraction of sp³-hybridized carbons (Fsp3) is 0.389. The summed E-state index contributed by atoms with van der Waals surface area (Å²) in [5.41, 5.74) is 0.858. The van der Waals surface area contributed by atoms with Crippen LogP contribution in [0.25, 0.3) is 0 Å². The molecule has 0 unspecified atom stereocenters. The molecule has 2 aromatic rings. The average molecular weight is 473 g/mol. The van der Waals surface area contributed by atoms with Crippen molar-refractivity contribution in [2.45, 2.75) is 18.4 Å². The van der Waals surface area contributed by atoms with Gasteiger partial charge in [-0.25, -0.2) is 13.2 Å². The summed E-state index contributed by atoms with van der Waals surface area (Å²) in [6, 6.07) is 8.74. The number of hydrogen-bond donors (Lipinski definition) is 0. The van der Waals surface area contributed by atoms with Crippen LogP contribution in [0, 0.1) is 6.92 Å². The molecule has 0 amide bonds. The number of ether oxygens (including phenoxy) is 1. The molecule has 1 aliphatic rings. The van der Waals surface area contributed by atoms with E-state index in [4.69, 9.17) is 4.74 Å². The third kappa shape index (κ3) is 4.60. The summed E-state index contributed by atoms with van der Waals surface area (Å²) < 4.78 is 33.5. The molecule has 0 N–H and O–H groups in total. The lowest BCUT2D eigenvalue weighted by molar-refractivity contribution is 0.0600. The maximum atomic E-state index is 13.1. The van der Waals surface area contributed by atoms with Gasteiger partial charge in [-0.3, -0.25) is 4.90 Å². The maximum absolute atomic E-state index is 13.1. The van der Waals surface area contributed by atoms with E-state index in [-0.39, 0.29) is 10.5 Å². The molecule has 27 heavy (non-hydrogen) atoms. The van der Waals surface area contributed by atoms with Gasteiger partial charge in [-0.1, -0.05) is 6.07 Å². The molecule has 0 radical (unpaired) electrons. The van der Waals surface area contributed by atoms with Crippen molar-refractivity contribution in [1.29, 1.82) is 0 Å². The van der Waals surface area contributed by atoms with Crippen molar-refractivity contribution in [2.75, 3.05) is 33.3 Å². The molecule has 3 rings (SSSR count). The second-order valence-corrected chi connectivity index (χ2v) is 10.8. The number of carbonyl (C=O) groups excluding carboxylic acids is 1. The fourth-order valence-electron chi connectivity index (χ4n) is 3.05. The first-order chi connectivity index (χ1) is 12.8. The molecule has 1 aromatic heterocycles. The van der Waals surface area contributed by atoms with Gasteiger partial charge in [0.15, 0.2) is 0 Å². The first kappa shape index (κ1) is 20.5. The van der Waals surface area contributed by atoms with E-state index in [0.717, 1.165) is 10.3 Å². The van der Waals surface area contributed by atoms with Crippen LogP contribution in [0.4, 0.5) is 0 Å². The molecular formula is C18H21BrN2O4S2. The van der Waals surface area contributed by atoms with Crippen molar-refractivity contribution in [1.82, 2.24) is 9.21 Å². The Morgan fingerprint density at radius 2 is 1.89 bits per heavy atom. The molecule has 1 aliphatic heterocycles. The van der Waals surface area contributed by atoms with Crippen LogP contribution in [0.5, 0.6) is 0 Å². The van der Waals surface area contributed by atoms with E-state index in [1.807, 2.05) is 6.07 Å². The summed E-state index contributed by atoms with van der Waals surface area (Å²) in [6.07, 6.45) is 0. The molecule has 1 saturated heterocycles. The topological polar surface area (TPSA) is 66.9 Å². The Labute approximate surface area is 171 Å². The lowest BCUT2D eigenvalue weighted by Crippen LogP contribution is -2.48. The molecular weight excluding hydrogens is 452 g/mol. The summed E-state index contributed by atoms with van der Waals surface area (Å²) in [7, 11) is -2.38. The van der Waals surface area contributed by atoms with Crippen molar-refractivity contribution in [3.05, 3.63) is 50.1 Å². The van der Waals surface area contributed by atoms with Crippen LogP contribution in [0.3, 0.4) is 0 Å². The Bertz CT molecular complexity index is 935. The predicted octanol–water partition coefficient (Wildman–Crippen LogP) is 3.11. The Morgan fingerprint density at radius 1 is 1.19 bits per heavy atom. The summed E-state index contributed by atoms with van der Waals surface area (Å²) in [5, 5.41) is 0. The van der Waals surface area contributed by atoms with Gasteiger partial charge in [0.25, 0.3) is 0 Å². The SMILES string of the molecule is COC(=O)c1ccc(C)c(S(=O)(=O)N2CCN(Cc3ccc(Br)s3)CC2)c1. The van der Waals surface area contributed by atoms with Crippen molar-refractivity contribution < 1.29 is 17.9 Å². The second-order valence-electron chi connectivity index (χ2n) is 6.36. The van der Waals surface area contributed by atoms with E-state index in [0.29, 0.717) is 31.7 Å². The number of nitrogens with zero attached hydrogens (tertiary/aromatic N) is 2. The van der Waals surface area contributed by atoms with Crippen molar-refractivity contribution in [2.24, 2.45) is 0 Å². The van der Waals surface area contributed by atoms with Crippen molar-refractivity contribution in [3.8, 4) is 0 Å². The fourth-order valence-corrected chi connectivity index (χ4v) is 6.25. The number of thiophene rings is 1. The smallest absolute Gasteiger partial charge is 0.337 e. The van der Waals surface area contributed by atoms with Crippen molar-refractivity contribution >= 4 is 43.3 Å². The minimum atomic E-state index is -3.66. The van der Waals surface area contributed by atoms with Crippen LogP contribution in [0.1, 0.15) is 20.8 Å². The predicted molar refractivity (Wildman–Crippen MR) is 109 cm³/mol. The van der Waals surface area contributed by atoms with Crippen LogP contribution >= 0.6 is 27.3 Å². The zero-order valence-corrected chi connectivity index (χ0v) is 18.4. The molecule has 1 aromatic carbocycles. The van der Waals surface area contributed by atoms with Gasteiger partial charge < -0.3 is 4.74 Å². The molecule has 0 spiro atoms. The molecule has 9 heteroatoms. The van der Waals surface area contributed by atoms with Crippen LogP contribution in [0.2, 0.25) is 0 Å². The molecule has 0 bridgehead atoms. The molecule has 146 valence electrons. The van der Waals surface area contributed by atoms with E-state index >= 15 is 0 Å². The summed E-state index contributed by atoms with van der Waals surface area (Å²) in [4.78, 5) is 15.4. The van der Waals surface area contributed by atoms with Gasteiger partial charge in [0, 0.05) is 37.6 Å². The number of benzene rings is 1. The number of hydrogen-bond acceptors (Lipinski definition) is 6. The summed E-state index contributed by atoms with van der Waals surface area (Å²) in [5.74, 6) is -0.543. The van der Waals surface area contributed by atoms with Gasteiger partial charge in [0.2, 0.25) is 10.0 Å². The largest absolute Gasteiger partial charge is 0.465 e. The lowest BCUT2D eigenvalue weighted by atomic mass is 10.1. The van der Waals surface area contributed by atoms with E-state index < -0.39 is 16.0 Å². The Morgan fingerprint density at radius 3 is 2.48 bits per heavy atom. The quantitative estimate of drug-likeness (QED) is 0.625. The summed E-state index contributed by atoms with van der Waals surface area (Å²) >= 11 is 5.16. The third-order valence-corrected chi connectivity index (χ3v) is 8.22. The number of methoxy groups -OCH3 is 1. The average Bonchev–Trinajstić information content (AvgIpc) is 3.06. The van der Waals surface area contributed by atoms with Gasteiger partial charge in [-0.15, -0.1) is 11.3 Å². The first-order valence-electron chi connectivity index (χ1n) is 8.47. The van der Waals surface area contributed by atoms with E-state index in [9.17, 15) is 13.2 Å². The Hall–Kier alpha value is -1.26. The molecule has 0 aliphatic carbocycles. The molecule has 0 saturated carbocycles. The lowest BCUT2D eigenvalue weighted by Gasteiger charge is -2.34. The zero-order valence-electron chi connectivity index (χ0n) is 15.1. The highest BCUT2D eigenvalue weighted by Gasteiger charge is 2.30. The highest BCUT2D eigenvalue weighted by molar-refractivity contribution is 9.11. The normalized spacial score (nSPS) is 16.4. The van der Waals surface area contributed by atoms with Gasteiger partial charge in [0.05, 0.1) is 21.4 Å². The van der Waals surface area contributed by atoms with Crippen LogP contribution in [-0.2, 0) is 21.3 Å². The maximum Gasteiger partial charge on any atom is 0.337 e. The monoisotopic (exact) mass is 472 g/mol. The van der Waals surface area contributed by atoms with Gasteiger partial charge in [-0.2, -0.15) is 4.31 Å². The number of piperazine rings is 1. The Balaban J connectivity index is 1.72. The Kier molecular flexibility index (Phi) is 6.37. The summed E-state index contributed by atoms with van der Waals surface area (Å²) in [6.45, 7) is 4.75. The number of carbonyl (C=O) groups is 1. The molecule has 0 atom stereocenters. The number of rotatable bonds is 5. The van der Waals surface area contributed by atoms with Gasteiger partial charge in [-0.05, 0) is 52.7 Å². The van der Waals surface area contributed by atoms with Gasteiger partial charge >= 0.3 is 5.97 Å².